The molecule has 0 fully saturated rings. The zero-order valence-electron chi connectivity index (χ0n) is 21.3. The number of nitrogens with zero attached hydrogens (tertiary/aromatic N) is 3. The van der Waals surface area contributed by atoms with Gasteiger partial charge in [0.1, 0.15) is 31.1 Å². The Labute approximate surface area is 208 Å². The lowest BCUT2D eigenvalue weighted by atomic mass is 10.1. The molecule has 0 aliphatic carbocycles. The maximum absolute atomic E-state index is 11.5. The first-order valence-corrected chi connectivity index (χ1v) is 12.1. The molecule has 8 heteroatoms. The molecule has 1 N–H and O–H groups in total. The van der Waals surface area contributed by atoms with Gasteiger partial charge in [0.05, 0.1) is 40.8 Å². The van der Waals surface area contributed by atoms with E-state index in [0.717, 1.165) is 31.6 Å². The van der Waals surface area contributed by atoms with Crippen LogP contribution in [0, 0.1) is 11.3 Å². The van der Waals surface area contributed by atoms with Crippen molar-refractivity contribution in [3.8, 4) is 17.6 Å². The molecule has 2 aromatic rings. The fourth-order valence-corrected chi connectivity index (χ4v) is 3.95. The number of benzene rings is 1. The van der Waals surface area contributed by atoms with Crippen molar-refractivity contribution in [2.24, 2.45) is 0 Å². The predicted molar refractivity (Wildman–Crippen MR) is 133 cm³/mol. The molecular weight excluding hydrogens is 446 g/mol. The molecule has 8 nitrogen and oxygen atoms in total. The van der Waals surface area contributed by atoms with Gasteiger partial charge in [0, 0.05) is 12.1 Å². The molecule has 1 atom stereocenters. The third-order valence-electron chi connectivity index (χ3n) is 5.70. The zero-order chi connectivity index (χ0) is 25.7. The van der Waals surface area contributed by atoms with Crippen LogP contribution in [-0.2, 0) is 22.4 Å². The Bertz CT molecular complexity index is 987. The highest BCUT2D eigenvalue weighted by atomic mass is 16.5. The normalized spacial score (nSPS) is 12.0. The van der Waals surface area contributed by atoms with Crippen LogP contribution in [0.2, 0.25) is 0 Å². The van der Waals surface area contributed by atoms with Crippen molar-refractivity contribution in [3.63, 3.8) is 0 Å². The maximum atomic E-state index is 11.5. The summed E-state index contributed by atoms with van der Waals surface area (Å²) < 4.78 is 16.7. The lowest BCUT2D eigenvalue weighted by Crippen LogP contribution is -2.47. The Hall–Kier alpha value is -3.15. The van der Waals surface area contributed by atoms with Crippen LogP contribution in [0.1, 0.15) is 43.1 Å². The van der Waals surface area contributed by atoms with E-state index in [0.29, 0.717) is 35.5 Å². The van der Waals surface area contributed by atoms with Crippen molar-refractivity contribution in [2.45, 2.75) is 45.1 Å². The van der Waals surface area contributed by atoms with Gasteiger partial charge in [0.2, 0.25) is 0 Å². The van der Waals surface area contributed by atoms with E-state index in [1.807, 2.05) is 24.3 Å². The minimum absolute atomic E-state index is 0.0709. The molecule has 0 saturated carbocycles. The molecule has 35 heavy (non-hydrogen) atoms. The van der Waals surface area contributed by atoms with E-state index in [-0.39, 0.29) is 24.7 Å². The molecule has 0 amide bonds. The number of aliphatic hydroxyl groups is 1. The number of pyridine rings is 1. The van der Waals surface area contributed by atoms with Crippen molar-refractivity contribution in [1.82, 2.24) is 4.98 Å². The van der Waals surface area contributed by atoms with Gasteiger partial charge in [-0.05, 0) is 49.9 Å². The summed E-state index contributed by atoms with van der Waals surface area (Å²) >= 11 is 0. The van der Waals surface area contributed by atoms with Crippen LogP contribution in [0.3, 0.4) is 0 Å². The summed E-state index contributed by atoms with van der Waals surface area (Å²) in [6.07, 6.45) is 2.92. The second kappa shape index (κ2) is 14.3. The van der Waals surface area contributed by atoms with Crippen LogP contribution in [-0.4, -0.2) is 74.2 Å². The molecule has 1 aromatic carbocycles. The van der Waals surface area contributed by atoms with E-state index in [9.17, 15) is 15.2 Å². The van der Waals surface area contributed by atoms with Gasteiger partial charge < -0.3 is 23.8 Å². The highest BCUT2D eigenvalue weighted by molar-refractivity contribution is 5.69. The summed E-state index contributed by atoms with van der Waals surface area (Å²) in [5.41, 5.74) is 1.97. The number of rotatable bonds is 15. The number of unbranched alkanes of at least 4 members (excludes halogenated alkanes) is 1. The SMILES string of the molecule is CCOC(=O)CCc1ccc(OC[C@H](O)C[N+](C)(C)CCCCc2ccccc2OC)c(C#N)n1. The van der Waals surface area contributed by atoms with Gasteiger partial charge >= 0.3 is 5.97 Å². The van der Waals surface area contributed by atoms with Crippen molar-refractivity contribution >= 4 is 5.97 Å². The number of carbonyl (C=O) groups excluding carboxylic acids is 1. The third kappa shape index (κ3) is 9.93. The van der Waals surface area contributed by atoms with Gasteiger partial charge in [-0.3, -0.25) is 4.79 Å². The number of hydrogen-bond acceptors (Lipinski definition) is 7. The average molecular weight is 485 g/mol. The number of hydrogen-bond donors (Lipinski definition) is 1. The standard InChI is InChI=1S/C27H38N3O5/c1-5-34-27(32)16-14-22-13-15-26(24(18-28)29-22)35-20-23(31)19-30(2,3)17-9-8-11-21-10-6-7-12-25(21)33-4/h6-7,10,12-13,15,23,31H,5,8-9,11,14,16-17,19-20H2,1-4H3/q+1/t23-/m1/s1. The monoisotopic (exact) mass is 484 g/mol. The molecule has 1 heterocycles. The Balaban J connectivity index is 1.78. The van der Waals surface area contributed by atoms with Crippen LogP contribution in [0.4, 0.5) is 0 Å². The van der Waals surface area contributed by atoms with Gasteiger partial charge in [-0.25, -0.2) is 4.98 Å². The second-order valence-electron chi connectivity index (χ2n) is 9.14. The number of carbonyl (C=O) groups is 1. The van der Waals surface area contributed by atoms with E-state index in [4.69, 9.17) is 14.2 Å². The molecule has 0 aliphatic rings. The number of aryl methyl sites for hydroxylation is 2. The van der Waals surface area contributed by atoms with Crippen molar-refractivity contribution in [1.29, 1.82) is 5.26 Å². The summed E-state index contributed by atoms with van der Waals surface area (Å²) in [4.78, 5) is 15.8. The van der Waals surface area contributed by atoms with Crippen LogP contribution >= 0.6 is 0 Å². The summed E-state index contributed by atoms with van der Waals surface area (Å²) in [5, 5.41) is 20.0. The lowest BCUT2D eigenvalue weighted by Gasteiger charge is -2.32. The summed E-state index contributed by atoms with van der Waals surface area (Å²) in [6, 6.07) is 13.5. The van der Waals surface area contributed by atoms with Gasteiger partial charge in [-0.15, -0.1) is 0 Å². The number of quaternary nitrogens is 1. The smallest absolute Gasteiger partial charge is 0.306 e. The molecule has 0 radical (unpaired) electrons. The topological polar surface area (TPSA) is 102 Å². The number of para-hydroxylation sites is 1. The van der Waals surface area contributed by atoms with Gasteiger partial charge in [0.15, 0.2) is 11.4 Å². The largest absolute Gasteiger partial charge is 0.496 e. The van der Waals surface area contributed by atoms with Crippen LogP contribution in [0.15, 0.2) is 36.4 Å². The molecule has 190 valence electrons. The minimum atomic E-state index is -0.686. The molecule has 0 unspecified atom stereocenters. The molecule has 0 bridgehead atoms. The Morgan fingerprint density at radius 3 is 2.63 bits per heavy atom. The number of nitriles is 1. The van der Waals surface area contributed by atoms with E-state index in [2.05, 4.69) is 25.1 Å². The number of aromatic nitrogens is 1. The van der Waals surface area contributed by atoms with Gasteiger partial charge in [-0.2, -0.15) is 5.26 Å². The average Bonchev–Trinajstić information content (AvgIpc) is 2.84. The van der Waals surface area contributed by atoms with E-state index < -0.39 is 6.10 Å². The zero-order valence-corrected chi connectivity index (χ0v) is 21.3. The van der Waals surface area contributed by atoms with Crippen LogP contribution in [0.5, 0.6) is 11.5 Å². The first-order chi connectivity index (χ1) is 16.8. The molecule has 1 aromatic heterocycles. The number of esters is 1. The molecular formula is C27H38N3O5+. The molecule has 0 saturated heterocycles. The lowest BCUT2D eigenvalue weighted by molar-refractivity contribution is -0.893. The number of methoxy groups -OCH3 is 1. The van der Waals surface area contributed by atoms with Crippen molar-refractivity contribution < 1.29 is 28.6 Å². The number of aliphatic hydroxyl groups excluding tert-OH is 1. The molecule has 0 aliphatic heterocycles. The highest BCUT2D eigenvalue weighted by Crippen LogP contribution is 2.20. The summed E-state index contributed by atoms with van der Waals surface area (Å²) in [7, 11) is 5.87. The van der Waals surface area contributed by atoms with Crippen molar-refractivity contribution in [2.75, 3.05) is 47.5 Å². The minimum Gasteiger partial charge on any atom is -0.496 e. The molecule has 0 spiro atoms. The first-order valence-electron chi connectivity index (χ1n) is 12.1. The fraction of sp³-hybridized carbons (Fsp3) is 0.519. The fourth-order valence-electron chi connectivity index (χ4n) is 3.95. The van der Waals surface area contributed by atoms with E-state index >= 15 is 0 Å². The van der Waals surface area contributed by atoms with E-state index in [1.165, 1.54) is 5.56 Å². The highest BCUT2D eigenvalue weighted by Gasteiger charge is 2.21. The van der Waals surface area contributed by atoms with Gasteiger partial charge in [0.25, 0.3) is 0 Å². The quantitative estimate of drug-likeness (QED) is 0.235. The molecule has 2 rings (SSSR count). The van der Waals surface area contributed by atoms with Crippen molar-refractivity contribution in [3.05, 3.63) is 53.3 Å². The third-order valence-corrected chi connectivity index (χ3v) is 5.70. The Morgan fingerprint density at radius 2 is 1.91 bits per heavy atom. The van der Waals surface area contributed by atoms with Crippen LogP contribution in [0.25, 0.3) is 0 Å². The van der Waals surface area contributed by atoms with Crippen LogP contribution < -0.4 is 9.47 Å². The summed E-state index contributed by atoms with van der Waals surface area (Å²) in [6.45, 7) is 3.62. The first kappa shape index (κ1) is 28.1. The number of likely N-dealkylation sites (N-methyl/N-ethyl adjacent to an activating group) is 1. The predicted octanol–water partition coefficient (Wildman–Crippen LogP) is 3.30. The Morgan fingerprint density at radius 1 is 1.14 bits per heavy atom. The summed E-state index contributed by atoms with van der Waals surface area (Å²) in [5.74, 6) is 0.956. The maximum Gasteiger partial charge on any atom is 0.306 e. The van der Waals surface area contributed by atoms with Gasteiger partial charge in [-0.1, -0.05) is 18.2 Å². The van der Waals surface area contributed by atoms with E-state index in [1.54, 1.807) is 26.2 Å². The Kier molecular flexibility index (Phi) is 11.5. The second-order valence-corrected chi connectivity index (χ2v) is 9.14. The number of ether oxygens (including phenoxy) is 3.